The second kappa shape index (κ2) is 6.47. The summed E-state index contributed by atoms with van der Waals surface area (Å²) in [7, 11) is 0. The second-order valence-electron chi connectivity index (χ2n) is 6.20. The van der Waals surface area contributed by atoms with Crippen LogP contribution in [-0.4, -0.2) is 41.1 Å². The minimum Gasteiger partial charge on any atom is -0.387 e. The van der Waals surface area contributed by atoms with Crippen LogP contribution < -0.4 is 5.32 Å². The smallest absolute Gasteiger partial charge is 0.234 e. The Hall–Kier alpha value is -1.90. The number of carbonyl (C=O) groups is 1. The van der Waals surface area contributed by atoms with Crippen molar-refractivity contribution in [1.29, 1.82) is 5.26 Å². The molecule has 1 amide bonds. The number of hydrogen-bond acceptors (Lipinski definition) is 4. The van der Waals surface area contributed by atoms with Crippen molar-refractivity contribution in [2.45, 2.75) is 43.9 Å². The highest BCUT2D eigenvalue weighted by Crippen LogP contribution is 2.27. The van der Waals surface area contributed by atoms with Crippen LogP contribution in [0.1, 0.15) is 42.9 Å². The number of carbonyl (C=O) groups excluding carboxylic acids is 1. The van der Waals surface area contributed by atoms with Crippen LogP contribution in [0.3, 0.4) is 0 Å². The van der Waals surface area contributed by atoms with Crippen molar-refractivity contribution in [2.75, 3.05) is 13.1 Å². The first kappa shape index (κ1) is 15.0. The Morgan fingerprint density at radius 2 is 2.05 bits per heavy atom. The first-order valence-corrected chi connectivity index (χ1v) is 7.89. The molecule has 1 saturated carbocycles. The van der Waals surface area contributed by atoms with Crippen molar-refractivity contribution in [3.05, 3.63) is 35.4 Å². The van der Waals surface area contributed by atoms with Crippen molar-refractivity contribution in [2.24, 2.45) is 0 Å². The quantitative estimate of drug-likeness (QED) is 0.883. The van der Waals surface area contributed by atoms with Crippen molar-refractivity contribution in [3.63, 3.8) is 0 Å². The van der Waals surface area contributed by atoms with E-state index in [0.717, 1.165) is 24.8 Å². The number of nitriles is 1. The van der Waals surface area contributed by atoms with Crippen LogP contribution in [0, 0.1) is 11.3 Å². The molecule has 0 radical (unpaired) electrons. The zero-order valence-corrected chi connectivity index (χ0v) is 12.5. The number of nitrogens with zero attached hydrogens (tertiary/aromatic N) is 2. The average Bonchev–Trinajstić information content (AvgIpc) is 2.54. The highest BCUT2D eigenvalue weighted by molar-refractivity contribution is 5.79. The maximum Gasteiger partial charge on any atom is 0.234 e. The SMILES string of the molecule is N#Cc1ccc(C(O)CN2CC(=O)NC3CCCCC32)cc1. The molecule has 3 unspecified atom stereocenters. The van der Waals surface area contributed by atoms with Crippen LogP contribution in [0.25, 0.3) is 0 Å². The summed E-state index contributed by atoms with van der Waals surface area (Å²) in [5.41, 5.74) is 1.37. The Morgan fingerprint density at radius 1 is 1.32 bits per heavy atom. The summed E-state index contributed by atoms with van der Waals surface area (Å²) in [4.78, 5) is 14.0. The fourth-order valence-corrected chi connectivity index (χ4v) is 3.58. The highest BCUT2D eigenvalue weighted by Gasteiger charge is 2.36. The molecule has 1 aromatic carbocycles. The molecule has 1 aliphatic heterocycles. The van der Waals surface area contributed by atoms with Gasteiger partial charge in [-0.05, 0) is 30.5 Å². The Morgan fingerprint density at radius 3 is 2.77 bits per heavy atom. The van der Waals surface area contributed by atoms with E-state index in [2.05, 4.69) is 16.3 Å². The summed E-state index contributed by atoms with van der Waals surface area (Å²) in [6.07, 6.45) is 3.81. The number of hydrogen-bond donors (Lipinski definition) is 2. The third-order valence-corrected chi connectivity index (χ3v) is 4.72. The molecule has 0 spiro atoms. The lowest BCUT2D eigenvalue weighted by Gasteiger charge is -2.44. The molecule has 1 aromatic rings. The third kappa shape index (κ3) is 3.13. The molecule has 5 nitrogen and oxygen atoms in total. The van der Waals surface area contributed by atoms with Gasteiger partial charge >= 0.3 is 0 Å². The van der Waals surface area contributed by atoms with Gasteiger partial charge in [-0.1, -0.05) is 25.0 Å². The Kier molecular flexibility index (Phi) is 4.41. The Balaban J connectivity index is 1.69. The molecule has 3 rings (SSSR count). The lowest BCUT2D eigenvalue weighted by Crippen LogP contribution is -2.62. The van der Waals surface area contributed by atoms with E-state index in [1.807, 2.05) is 0 Å². The summed E-state index contributed by atoms with van der Waals surface area (Å²) in [6.45, 7) is 0.814. The fraction of sp³-hybridized carbons (Fsp3) is 0.529. The molecular weight excluding hydrogens is 278 g/mol. The average molecular weight is 299 g/mol. The summed E-state index contributed by atoms with van der Waals surface area (Å²) in [5, 5.41) is 22.4. The molecule has 2 aliphatic rings. The summed E-state index contributed by atoms with van der Waals surface area (Å²) < 4.78 is 0. The van der Waals surface area contributed by atoms with Crippen molar-refractivity contribution in [3.8, 4) is 6.07 Å². The molecular formula is C17H21N3O2. The number of nitrogens with one attached hydrogen (secondary N) is 1. The molecule has 1 aliphatic carbocycles. The number of aliphatic hydroxyl groups is 1. The highest BCUT2D eigenvalue weighted by atomic mass is 16.3. The maximum atomic E-state index is 11.9. The van der Waals surface area contributed by atoms with E-state index in [9.17, 15) is 9.90 Å². The van der Waals surface area contributed by atoms with Gasteiger partial charge in [-0.3, -0.25) is 9.69 Å². The number of β-amino-alcohol motifs (C(OH)–C–C–N with tert-alkyl or cyclic N) is 1. The van der Waals surface area contributed by atoms with Gasteiger partial charge in [0.2, 0.25) is 5.91 Å². The molecule has 22 heavy (non-hydrogen) atoms. The number of benzene rings is 1. The fourth-order valence-electron chi connectivity index (χ4n) is 3.58. The van der Waals surface area contributed by atoms with Gasteiger partial charge in [-0.25, -0.2) is 0 Å². The zero-order chi connectivity index (χ0) is 15.5. The van der Waals surface area contributed by atoms with E-state index >= 15 is 0 Å². The van der Waals surface area contributed by atoms with Gasteiger partial charge in [0.25, 0.3) is 0 Å². The van der Waals surface area contributed by atoms with Crippen LogP contribution >= 0.6 is 0 Å². The Labute approximate surface area is 130 Å². The van der Waals surface area contributed by atoms with Crippen molar-refractivity contribution in [1.82, 2.24) is 10.2 Å². The Bertz CT molecular complexity index is 579. The standard InChI is InChI=1S/C17H21N3O2/c18-9-12-5-7-13(8-6-12)16(21)10-20-11-17(22)19-14-3-1-2-4-15(14)20/h5-8,14-16,21H,1-4,10-11H2,(H,19,22). The molecule has 0 aromatic heterocycles. The number of piperazine rings is 1. The molecule has 1 heterocycles. The van der Waals surface area contributed by atoms with E-state index in [1.54, 1.807) is 24.3 Å². The zero-order valence-electron chi connectivity index (χ0n) is 12.5. The largest absolute Gasteiger partial charge is 0.387 e. The summed E-state index contributed by atoms with van der Waals surface area (Å²) >= 11 is 0. The number of amides is 1. The topological polar surface area (TPSA) is 76.4 Å². The molecule has 2 fully saturated rings. The number of fused-ring (bicyclic) bond motifs is 1. The van der Waals surface area contributed by atoms with Gasteiger partial charge in [-0.2, -0.15) is 5.26 Å². The molecule has 2 N–H and O–H groups in total. The van der Waals surface area contributed by atoms with Crippen molar-refractivity contribution >= 4 is 5.91 Å². The normalized spacial score (nSPS) is 26.6. The molecule has 5 heteroatoms. The predicted molar refractivity (Wildman–Crippen MR) is 81.9 cm³/mol. The lowest BCUT2D eigenvalue weighted by molar-refractivity contribution is -0.129. The second-order valence-corrected chi connectivity index (χ2v) is 6.20. The molecule has 1 saturated heterocycles. The lowest BCUT2D eigenvalue weighted by atomic mass is 9.87. The van der Waals surface area contributed by atoms with Gasteiger partial charge in [0.15, 0.2) is 0 Å². The van der Waals surface area contributed by atoms with Crippen LogP contribution in [0.15, 0.2) is 24.3 Å². The van der Waals surface area contributed by atoms with Crippen molar-refractivity contribution < 1.29 is 9.90 Å². The van der Waals surface area contributed by atoms with E-state index in [-0.39, 0.29) is 11.9 Å². The predicted octanol–water partition coefficient (Wildman–Crippen LogP) is 1.33. The van der Waals surface area contributed by atoms with E-state index < -0.39 is 6.10 Å². The number of rotatable bonds is 3. The van der Waals surface area contributed by atoms with Gasteiger partial charge in [0.05, 0.1) is 24.3 Å². The molecule has 3 atom stereocenters. The third-order valence-electron chi connectivity index (χ3n) is 4.72. The first-order valence-electron chi connectivity index (χ1n) is 7.89. The minimum atomic E-state index is -0.638. The van der Waals surface area contributed by atoms with Gasteiger partial charge in [0.1, 0.15) is 0 Å². The first-order chi connectivity index (χ1) is 10.7. The molecule has 116 valence electrons. The van der Waals surface area contributed by atoms with Gasteiger partial charge < -0.3 is 10.4 Å². The minimum absolute atomic E-state index is 0.0511. The van der Waals surface area contributed by atoms with E-state index in [4.69, 9.17) is 5.26 Å². The summed E-state index contributed by atoms with van der Waals surface area (Å²) in [6, 6.07) is 9.62. The summed E-state index contributed by atoms with van der Waals surface area (Å²) in [5.74, 6) is 0.0511. The van der Waals surface area contributed by atoms with Crippen LogP contribution in [0.4, 0.5) is 0 Å². The van der Waals surface area contributed by atoms with Crippen LogP contribution in [-0.2, 0) is 4.79 Å². The van der Waals surface area contributed by atoms with Gasteiger partial charge in [0, 0.05) is 18.6 Å². The monoisotopic (exact) mass is 299 g/mol. The van der Waals surface area contributed by atoms with E-state index in [1.165, 1.54) is 6.42 Å². The molecule has 0 bridgehead atoms. The maximum absolute atomic E-state index is 11.9. The van der Waals surface area contributed by atoms with Crippen LogP contribution in [0.5, 0.6) is 0 Å². The number of aliphatic hydroxyl groups excluding tert-OH is 1. The van der Waals surface area contributed by atoms with Gasteiger partial charge in [-0.15, -0.1) is 0 Å². The van der Waals surface area contributed by atoms with E-state index in [0.29, 0.717) is 24.7 Å². The van der Waals surface area contributed by atoms with Crippen LogP contribution in [0.2, 0.25) is 0 Å².